The molecule has 1 aromatic heterocycles. The molecule has 0 aliphatic heterocycles. The van der Waals surface area contributed by atoms with E-state index in [0.29, 0.717) is 12.1 Å². The van der Waals surface area contributed by atoms with Gasteiger partial charge in [0.05, 0.1) is 4.90 Å². The van der Waals surface area contributed by atoms with Crippen molar-refractivity contribution in [2.45, 2.75) is 36.0 Å². The smallest absolute Gasteiger partial charge is 0.251 e. The van der Waals surface area contributed by atoms with Gasteiger partial charge in [0.2, 0.25) is 10.0 Å². The van der Waals surface area contributed by atoms with E-state index in [9.17, 15) is 13.2 Å². The highest BCUT2D eigenvalue weighted by Gasteiger charge is 2.36. The number of hydrogen-bond donors (Lipinski definition) is 1. The van der Waals surface area contributed by atoms with Gasteiger partial charge in [0.25, 0.3) is 5.91 Å². The maximum Gasteiger partial charge on any atom is 0.251 e. The Hall–Kier alpha value is -1.70. The fourth-order valence-corrected chi connectivity index (χ4v) is 5.21. The molecule has 1 aliphatic carbocycles. The molecule has 0 bridgehead atoms. The number of benzene rings is 1. The zero-order valence-corrected chi connectivity index (χ0v) is 16.7. The van der Waals surface area contributed by atoms with Crippen LogP contribution in [0.2, 0.25) is 0 Å². The molecule has 0 spiro atoms. The Morgan fingerprint density at radius 3 is 2.35 bits per heavy atom. The largest absolute Gasteiger partial charge is 0.351 e. The second-order valence-electron chi connectivity index (χ2n) is 6.99. The maximum absolute atomic E-state index is 12.5. The molecule has 5 nitrogen and oxygen atoms in total. The van der Waals surface area contributed by atoms with E-state index < -0.39 is 10.0 Å². The fourth-order valence-electron chi connectivity index (χ4n) is 3.53. The van der Waals surface area contributed by atoms with Crippen molar-refractivity contribution in [2.75, 3.05) is 20.6 Å². The summed E-state index contributed by atoms with van der Waals surface area (Å²) in [5, 5.41) is 7.32. The maximum atomic E-state index is 12.5. The summed E-state index contributed by atoms with van der Waals surface area (Å²) in [6.45, 7) is 0.611. The second kappa shape index (κ2) is 7.50. The predicted molar refractivity (Wildman–Crippen MR) is 104 cm³/mol. The number of rotatable bonds is 6. The van der Waals surface area contributed by atoms with E-state index in [1.165, 1.54) is 44.6 Å². The molecule has 0 unspecified atom stereocenters. The second-order valence-corrected chi connectivity index (χ2v) is 9.93. The normalized spacial score (nSPS) is 16.7. The van der Waals surface area contributed by atoms with Crippen LogP contribution in [0, 0.1) is 0 Å². The molecule has 1 N–H and O–H groups in total. The molecular formula is C19H24N2O3S2. The Labute approximate surface area is 159 Å². The van der Waals surface area contributed by atoms with Crippen LogP contribution in [0.1, 0.15) is 41.6 Å². The number of sulfonamides is 1. The molecule has 0 saturated heterocycles. The lowest BCUT2D eigenvalue weighted by Gasteiger charge is -2.28. The monoisotopic (exact) mass is 392 g/mol. The van der Waals surface area contributed by atoms with Crippen molar-refractivity contribution in [2.24, 2.45) is 0 Å². The van der Waals surface area contributed by atoms with Crippen molar-refractivity contribution in [1.29, 1.82) is 0 Å². The zero-order valence-electron chi connectivity index (χ0n) is 15.1. The Kier molecular flexibility index (Phi) is 5.50. The van der Waals surface area contributed by atoms with Gasteiger partial charge in [-0.25, -0.2) is 12.7 Å². The minimum Gasteiger partial charge on any atom is -0.351 e. The Bertz CT molecular complexity index is 851. The number of carbonyl (C=O) groups is 1. The highest BCUT2D eigenvalue weighted by atomic mass is 32.2. The number of hydrogen-bond acceptors (Lipinski definition) is 4. The van der Waals surface area contributed by atoms with E-state index in [1.54, 1.807) is 23.5 Å². The lowest BCUT2D eigenvalue weighted by atomic mass is 9.80. The molecule has 7 heteroatoms. The van der Waals surface area contributed by atoms with Crippen molar-refractivity contribution >= 4 is 27.3 Å². The van der Waals surface area contributed by atoms with E-state index in [2.05, 4.69) is 22.1 Å². The molecule has 1 aliphatic rings. The van der Waals surface area contributed by atoms with Crippen molar-refractivity contribution in [3.63, 3.8) is 0 Å². The number of nitrogens with one attached hydrogen (secondary N) is 1. The van der Waals surface area contributed by atoms with Gasteiger partial charge in [0.15, 0.2) is 0 Å². The molecule has 1 saturated carbocycles. The van der Waals surface area contributed by atoms with E-state index in [-0.39, 0.29) is 16.2 Å². The first-order valence-corrected chi connectivity index (χ1v) is 11.1. The first-order chi connectivity index (χ1) is 12.3. The average molecular weight is 393 g/mol. The summed E-state index contributed by atoms with van der Waals surface area (Å²) in [5.41, 5.74) is 1.82. The standard InChI is InChI=1S/C19H24N2O3S2/c1-21(2)26(23,24)17-7-5-15(6-8-17)18(22)20-14-19(10-3-4-11-19)16-9-12-25-13-16/h5-9,12-13H,3-4,10-11,14H2,1-2H3,(H,20,22). The van der Waals surface area contributed by atoms with Gasteiger partial charge in [-0.15, -0.1) is 0 Å². The summed E-state index contributed by atoms with van der Waals surface area (Å²) in [6.07, 6.45) is 4.54. The Balaban J connectivity index is 1.70. The molecule has 1 fully saturated rings. The van der Waals surface area contributed by atoms with Gasteiger partial charge in [-0.1, -0.05) is 12.8 Å². The van der Waals surface area contributed by atoms with Gasteiger partial charge in [-0.05, 0) is 59.5 Å². The molecule has 1 amide bonds. The third kappa shape index (κ3) is 3.70. The van der Waals surface area contributed by atoms with Crippen LogP contribution >= 0.6 is 11.3 Å². The Morgan fingerprint density at radius 2 is 1.81 bits per heavy atom. The van der Waals surface area contributed by atoms with Gasteiger partial charge < -0.3 is 5.32 Å². The van der Waals surface area contributed by atoms with E-state index in [4.69, 9.17) is 0 Å². The van der Waals surface area contributed by atoms with Crippen LogP contribution in [0.3, 0.4) is 0 Å². The first kappa shape index (κ1) is 19.1. The number of amides is 1. The zero-order chi connectivity index (χ0) is 18.8. The van der Waals surface area contributed by atoms with Crippen molar-refractivity contribution in [1.82, 2.24) is 9.62 Å². The van der Waals surface area contributed by atoms with Crippen molar-refractivity contribution in [3.8, 4) is 0 Å². The first-order valence-electron chi connectivity index (χ1n) is 8.69. The van der Waals surface area contributed by atoms with Crippen LogP contribution in [-0.2, 0) is 15.4 Å². The number of carbonyl (C=O) groups excluding carboxylic acids is 1. The number of thiophene rings is 1. The quantitative estimate of drug-likeness (QED) is 0.821. The molecule has 1 aromatic carbocycles. The third-order valence-corrected chi connectivity index (χ3v) is 7.69. The molecule has 26 heavy (non-hydrogen) atoms. The van der Waals surface area contributed by atoms with Crippen molar-refractivity contribution < 1.29 is 13.2 Å². The van der Waals surface area contributed by atoms with Crippen LogP contribution in [-0.4, -0.2) is 39.3 Å². The van der Waals surface area contributed by atoms with Crippen LogP contribution in [0.4, 0.5) is 0 Å². The lowest BCUT2D eigenvalue weighted by molar-refractivity contribution is 0.0943. The van der Waals surface area contributed by atoms with Crippen LogP contribution < -0.4 is 5.32 Å². The highest BCUT2D eigenvalue weighted by molar-refractivity contribution is 7.89. The molecule has 140 valence electrons. The van der Waals surface area contributed by atoms with Gasteiger partial charge in [-0.3, -0.25) is 4.79 Å². The van der Waals surface area contributed by atoms with E-state index >= 15 is 0 Å². The van der Waals surface area contributed by atoms with Crippen LogP contribution in [0.25, 0.3) is 0 Å². The van der Waals surface area contributed by atoms with E-state index in [1.807, 2.05) is 0 Å². The summed E-state index contributed by atoms with van der Waals surface area (Å²) in [6, 6.07) is 8.25. The average Bonchev–Trinajstić information content (AvgIpc) is 3.32. The minimum absolute atomic E-state index is 0.0316. The molecule has 3 rings (SSSR count). The summed E-state index contributed by atoms with van der Waals surface area (Å²) in [5.74, 6) is -0.166. The minimum atomic E-state index is -3.48. The van der Waals surface area contributed by atoms with Gasteiger partial charge >= 0.3 is 0 Å². The van der Waals surface area contributed by atoms with Crippen LogP contribution in [0.5, 0.6) is 0 Å². The van der Waals surface area contributed by atoms with Crippen molar-refractivity contribution in [3.05, 3.63) is 52.2 Å². The molecular weight excluding hydrogens is 368 g/mol. The summed E-state index contributed by atoms with van der Waals surface area (Å²) in [4.78, 5) is 12.7. The van der Waals surface area contributed by atoms with Gasteiger partial charge in [0.1, 0.15) is 0 Å². The predicted octanol–water partition coefficient (Wildman–Crippen LogP) is 3.24. The summed E-state index contributed by atoms with van der Waals surface area (Å²) in [7, 11) is -0.506. The topological polar surface area (TPSA) is 66.5 Å². The van der Waals surface area contributed by atoms with E-state index in [0.717, 1.165) is 17.1 Å². The summed E-state index contributed by atoms with van der Waals surface area (Å²) < 4.78 is 25.4. The van der Waals surface area contributed by atoms with Gasteiger partial charge in [-0.2, -0.15) is 11.3 Å². The van der Waals surface area contributed by atoms with Crippen LogP contribution in [0.15, 0.2) is 46.0 Å². The molecule has 2 aromatic rings. The fraction of sp³-hybridized carbons (Fsp3) is 0.421. The highest BCUT2D eigenvalue weighted by Crippen LogP contribution is 2.41. The Morgan fingerprint density at radius 1 is 1.15 bits per heavy atom. The molecule has 0 radical (unpaired) electrons. The molecule has 1 heterocycles. The number of nitrogens with zero attached hydrogens (tertiary/aromatic N) is 1. The summed E-state index contributed by atoms with van der Waals surface area (Å²) >= 11 is 1.69. The van der Waals surface area contributed by atoms with Gasteiger partial charge in [0, 0.05) is 31.6 Å². The SMILES string of the molecule is CN(C)S(=O)(=O)c1ccc(C(=O)NCC2(c3ccsc3)CCCC2)cc1. The third-order valence-electron chi connectivity index (χ3n) is 5.18. The molecule has 0 atom stereocenters. The lowest BCUT2D eigenvalue weighted by Crippen LogP contribution is -2.38.